The van der Waals surface area contributed by atoms with Crippen molar-refractivity contribution in [3.63, 3.8) is 0 Å². The molecule has 0 aliphatic carbocycles. The summed E-state index contributed by atoms with van der Waals surface area (Å²) in [5.74, 6) is 0.321. The molecule has 0 spiro atoms. The van der Waals surface area contributed by atoms with Crippen molar-refractivity contribution >= 4 is 21.2 Å². The number of rotatable bonds is 6. The minimum atomic E-state index is -3.67. The first-order valence-electron chi connectivity index (χ1n) is 9.06. The molecule has 1 atom stereocenters. The minimum Gasteiger partial charge on any atom is -0.383 e. The first-order chi connectivity index (χ1) is 13.5. The fraction of sp³-hybridized carbons (Fsp3) is 0.368. The third-order valence-corrected chi connectivity index (χ3v) is 6.90. The lowest BCUT2D eigenvalue weighted by atomic mass is 10.1. The Morgan fingerprint density at radius 1 is 1.25 bits per heavy atom. The number of imidazole rings is 1. The lowest BCUT2D eigenvalue weighted by Gasteiger charge is -2.17. The van der Waals surface area contributed by atoms with Crippen LogP contribution in [0.4, 0.5) is 4.39 Å². The second-order valence-corrected chi connectivity index (χ2v) is 8.70. The summed E-state index contributed by atoms with van der Waals surface area (Å²) in [6.45, 7) is 1.83. The van der Waals surface area contributed by atoms with Crippen molar-refractivity contribution in [1.82, 2.24) is 18.8 Å². The summed E-state index contributed by atoms with van der Waals surface area (Å²) in [6.07, 6.45) is 2.38. The molecule has 9 heteroatoms. The van der Waals surface area contributed by atoms with Crippen LogP contribution in [0, 0.1) is 5.82 Å². The number of hydrogen-bond acceptors (Lipinski definition) is 5. The maximum absolute atomic E-state index is 13.1. The van der Waals surface area contributed by atoms with E-state index in [0.29, 0.717) is 32.7 Å². The van der Waals surface area contributed by atoms with Crippen LogP contribution in [0.15, 0.2) is 47.5 Å². The largest absolute Gasteiger partial charge is 0.383 e. The highest BCUT2D eigenvalue weighted by Gasteiger charge is 2.35. The van der Waals surface area contributed by atoms with Crippen LogP contribution < -0.4 is 0 Å². The van der Waals surface area contributed by atoms with Crippen LogP contribution in [-0.4, -0.2) is 54.1 Å². The average molecular weight is 404 g/mol. The van der Waals surface area contributed by atoms with E-state index in [9.17, 15) is 12.8 Å². The van der Waals surface area contributed by atoms with E-state index in [1.54, 1.807) is 13.3 Å². The molecule has 148 valence electrons. The molecule has 1 aliphatic rings. The topological polar surface area (TPSA) is 77.3 Å². The van der Waals surface area contributed by atoms with E-state index in [1.165, 1.54) is 16.4 Å². The molecule has 3 heterocycles. The second-order valence-electron chi connectivity index (χ2n) is 6.76. The smallest absolute Gasteiger partial charge is 0.243 e. The van der Waals surface area contributed by atoms with Crippen molar-refractivity contribution in [1.29, 1.82) is 0 Å². The zero-order valence-electron chi connectivity index (χ0n) is 15.5. The van der Waals surface area contributed by atoms with Crippen molar-refractivity contribution in [2.75, 3.05) is 26.8 Å². The number of sulfonamides is 1. The van der Waals surface area contributed by atoms with Crippen LogP contribution in [0.2, 0.25) is 0 Å². The van der Waals surface area contributed by atoms with Gasteiger partial charge in [0.15, 0.2) is 5.65 Å². The molecule has 3 aromatic rings. The van der Waals surface area contributed by atoms with Gasteiger partial charge >= 0.3 is 0 Å². The summed E-state index contributed by atoms with van der Waals surface area (Å²) in [5, 5.41) is 0. The highest BCUT2D eigenvalue weighted by atomic mass is 32.2. The highest BCUT2D eigenvalue weighted by Crippen LogP contribution is 2.32. The Labute approximate surface area is 162 Å². The zero-order valence-corrected chi connectivity index (χ0v) is 16.3. The van der Waals surface area contributed by atoms with Crippen molar-refractivity contribution < 1.29 is 17.5 Å². The number of hydrogen-bond donors (Lipinski definition) is 0. The molecule has 1 aliphatic heterocycles. The molecule has 28 heavy (non-hydrogen) atoms. The molecule has 1 saturated heterocycles. The van der Waals surface area contributed by atoms with Crippen LogP contribution in [0.25, 0.3) is 11.2 Å². The van der Waals surface area contributed by atoms with Gasteiger partial charge in [-0.1, -0.05) is 0 Å². The summed E-state index contributed by atoms with van der Waals surface area (Å²) in [4.78, 5) is 9.25. The van der Waals surface area contributed by atoms with Crippen LogP contribution in [0.1, 0.15) is 18.2 Å². The van der Waals surface area contributed by atoms with Crippen molar-refractivity contribution in [3.8, 4) is 0 Å². The Hall–Kier alpha value is -2.36. The molecule has 1 aromatic carbocycles. The van der Waals surface area contributed by atoms with Gasteiger partial charge in [0, 0.05) is 38.9 Å². The van der Waals surface area contributed by atoms with Crippen LogP contribution >= 0.6 is 0 Å². The maximum atomic E-state index is 13.1. The molecule has 4 rings (SSSR count). The van der Waals surface area contributed by atoms with Gasteiger partial charge in [0.1, 0.15) is 17.2 Å². The number of pyridine rings is 1. The Balaban J connectivity index is 1.63. The Morgan fingerprint density at radius 2 is 2.04 bits per heavy atom. The third kappa shape index (κ3) is 3.41. The van der Waals surface area contributed by atoms with Crippen LogP contribution in [0.3, 0.4) is 0 Å². The summed E-state index contributed by atoms with van der Waals surface area (Å²) >= 11 is 0. The molecule has 0 bridgehead atoms. The van der Waals surface area contributed by atoms with E-state index in [1.807, 2.05) is 16.7 Å². The summed E-state index contributed by atoms with van der Waals surface area (Å²) < 4.78 is 47.6. The van der Waals surface area contributed by atoms with Gasteiger partial charge in [-0.25, -0.2) is 22.8 Å². The SMILES string of the molecule is COCCn1c([C@H]2CCN(S(=O)(=O)c3ccc(F)cc3)C2)nc2cccnc21. The van der Waals surface area contributed by atoms with E-state index >= 15 is 0 Å². The summed E-state index contributed by atoms with van der Waals surface area (Å²) in [7, 11) is -2.03. The molecular formula is C19H21FN4O3S. The lowest BCUT2D eigenvalue weighted by molar-refractivity contribution is 0.187. The average Bonchev–Trinajstić information content (AvgIpc) is 3.32. The molecule has 0 N–H and O–H groups in total. The molecule has 1 fully saturated rings. The normalized spacial score (nSPS) is 18.1. The molecule has 7 nitrogen and oxygen atoms in total. The van der Waals surface area contributed by atoms with Gasteiger partial charge in [-0.15, -0.1) is 0 Å². The zero-order chi connectivity index (χ0) is 19.7. The number of fused-ring (bicyclic) bond motifs is 1. The van der Waals surface area contributed by atoms with Gasteiger partial charge in [0.2, 0.25) is 10.0 Å². The number of nitrogens with zero attached hydrogens (tertiary/aromatic N) is 4. The minimum absolute atomic E-state index is 0.0405. The Morgan fingerprint density at radius 3 is 2.79 bits per heavy atom. The first-order valence-corrected chi connectivity index (χ1v) is 10.5. The summed E-state index contributed by atoms with van der Waals surface area (Å²) in [5.41, 5.74) is 1.56. The van der Waals surface area contributed by atoms with E-state index in [2.05, 4.69) is 4.98 Å². The summed E-state index contributed by atoms with van der Waals surface area (Å²) in [6, 6.07) is 8.66. The number of benzene rings is 1. The van der Waals surface area contributed by atoms with Crippen LogP contribution in [-0.2, 0) is 21.3 Å². The van der Waals surface area contributed by atoms with E-state index in [0.717, 1.165) is 29.1 Å². The quantitative estimate of drug-likeness (QED) is 0.631. The van der Waals surface area contributed by atoms with Gasteiger partial charge in [0.25, 0.3) is 0 Å². The Kier molecular flexibility index (Phi) is 5.13. The van der Waals surface area contributed by atoms with Gasteiger partial charge in [-0.05, 0) is 42.8 Å². The van der Waals surface area contributed by atoms with Gasteiger partial charge < -0.3 is 9.30 Å². The highest BCUT2D eigenvalue weighted by molar-refractivity contribution is 7.89. The molecule has 2 aromatic heterocycles. The first kappa shape index (κ1) is 19.0. The molecule has 0 amide bonds. The standard InChI is InChI=1S/C19H21FN4O3S/c1-27-12-11-24-18(22-17-3-2-9-21-19(17)24)14-8-10-23(13-14)28(25,26)16-6-4-15(20)5-7-16/h2-7,9,14H,8,10-13H2,1H3/t14-/m0/s1. The van der Waals surface area contributed by atoms with Crippen LogP contribution in [0.5, 0.6) is 0 Å². The Bertz CT molecular complexity index is 1080. The fourth-order valence-electron chi connectivity index (χ4n) is 3.60. The predicted octanol–water partition coefficient (Wildman–Crippen LogP) is 2.40. The third-order valence-electron chi connectivity index (χ3n) is 5.02. The predicted molar refractivity (Wildman–Crippen MR) is 102 cm³/mol. The number of methoxy groups -OCH3 is 1. The monoisotopic (exact) mass is 404 g/mol. The molecule has 0 saturated carbocycles. The van der Waals surface area contributed by atoms with Gasteiger partial charge in [0.05, 0.1) is 11.5 Å². The number of halogens is 1. The number of ether oxygens (including phenoxy) is 1. The van der Waals surface area contributed by atoms with E-state index in [4.69, 9.17) is 9.72 Å². The second kappa shape index (κ2) is 7.57. The number of aromatic nitrogens is 3. The van der Waals surface area contributed by atoms with E-state index < -0.39 is 15.8 Å². The van der Waals surface area contributed by atoms with Crippen molar-refractivity contribution in [3.05, 3.63) is 54.2 Å². The van der Waals surface area contributed by atoms with Crippen molar-refractivity contribution in [2.45, 2.75) is 23.8 Å². The molecule has 0 unspecified atom stereocenters. The molecule has 0 radical (unpaired) electrons. The lowest BCUT2D eigenvalue weighted by Crippen LogP contribution is -2.29. The van der Waals surface area contributed by atoms with Gasteiger partial charge in [-0.2, -0.15) is 4.31 Å². The van der Waals surface area contributed by atoms with E-state index in [-0.39, 0.29) is 10.8 Å². The maximum Gasteiger partial charge on any atom is 0.243 e. The van der Waals surface area contributed by atoms with Crippen molar-refractivity contribution in [2.24, 2.45) is 0 Å². The van der Waals surface area contributed by atoms with Gasteiger partial charge in [-0.3, -0.25) is 0 Å². The molecular weight excluding hydrogens is 383 g/mol. The fourth-order valence-corrected chi connectivity index (χ4v) is 5.10.